The van der Waals surface area contributed by atoms with E-state index in [1.54, 1.807) is 0 Å². The number of benzene rings is 2. The van der Waals surface area contributed by atoms with Crippen LogP contribution >= 0.6 is 0 Å². The summed E-state index contributed by atoms with van der Waals surface area (Å²) >= 11 is 0. The summed E-state index contributed by atoms with van der Waals surface area (Å²) in [6, 6.07) is 16.6. The van der Waals surface area contributed by atoms with Crippen LogP contribution in [0.3, 0.4) is 0 Å². The van der Waals surface area contributed by atoms with Gasteiger partial charge in [0.25, 0.3) is 0 Å². The fourth-order valence-electron chi connectivity index (χ4n) is 3.81. The van der Waals surface area contributed by atoms with Gasteiger partial charge < -0.3 is 20.1 Å². The van der Waals surface area contributed by atoms with Crippen LogP contribution in [0, 0.1) is 13.8 Å². The molecule has 7 nitrogen and oxygen atoms in total. The summed E-state index contributed by atoms with van der Waals surface area (Å²) in [6.07, 6.45) is 3.03. The SMILES string of the molecule is CCNC(=NCc1ccc(C)cc1OC1CCOC1)NCc1ccccc1-n1ccc(C)n1. The molecule has 0 amide bonds. The number of aliphatic imine (C=N–C) groups is 1. The molecular weight excluding hydrogens is 414 g/mol. The van der Waals surface area contributed by atoms with E-state index < -0.39 is 0 Å². The molecule has 2 N–H and O–H groups in total. The summed E-state index contributed by atoms with van der Waals surface area (Å²) in [5.74, 6) is 1.66. The van der Waals surface area contributed by atoms with E-state index in [1.165, 1.54) is 5.56 Å². The summed E-state index contributed by atoms with van der Waals surface area (Å²) in [7, 11) is 0. The number of aryl methyl sites for hydroxylation is 2. The molecule has 1 aliphatic heterocycles. The lowest BCUT2D eigenvalue weighted by molar-refractivity contribution is 0.140. The highest BCUT2D eigenvalue weighted by molar-refractivity contribution is 5.79. The summed E-state index contributed by atoms with van der Waals surface area (Å²) in [5.41, 5.74) is 5.44. The second-order valence-corrected chi connectivity index (χ2v) is 8.29. The Morgan fingerprint density at radius 1 is 1.15 bits per heavy atom. The second kappa shape index (κ2) is 11.0. The van der Waals surface area contributed by atoms with E-state index in [2.05, 4.69) is 59.9 Å². The Kier molecular flexibility index (Phi) is 7.62. The number of guanidine groups is 1. The molecule has 1 aliphatic rings. The lowest BCUT2D eigenvalue weighted by atomic mass is 10.1. The van der Waals surface area contributed by atoms with Crippen LogP contribution in [0.1, 0.15) is 35.7 Å². The van der Waals surface area contributed by atoms with E-state index >= 15 is 0 Å². The maximum Gasteiger partial charge on any atom is 0.191 e. The summed E-state index contributed by atoms with van der Waals surface area (Å²) in [4.78, 5) is 4.83. The Hall–Kier alpha value is -3.32. The zero-order valence-electron chi connectivity index (χ0n) is 19.7. The first-order valence-electron chi connectivity index (χ1n) is 11.6. The molecule has 1 unspecified atom stereocenters. The van der Waals surface area contributed by atoms with Crippen molar-refractivity contribution in [2.75, 3.05) is 19.8 Å². The first-order chi connectivity index (χ1) is 16.1. The predicted molar refractivity (Wildman–Crippen MR) is 131 cm³/mol. The van der Waals surface area contributed by atoms with Crippen molar-refractivity contribution in [1.82, 2.24) is 20.4 Å². The summed E-state index contributed by atoms with van der Waals surface area (Å²) in [6.45, 7) is 9.50. The smallest absolute Gasteiger partial charge is 0.191 e. The number of rotatable bonds is 8. The number of hydrogen-bond donors (Lipinski definition) is 2. The van der Waals surface area contributed by atoms with Crippen molar-refractivity contribution in [1.29, 1.82) is 0 Å². The minimum Gasteiger partial charge on any atom is -0.488 e. The van der Waals surface area contributed by atoms with Gasteiger partial charge in [0, 0.05) is 31.3 Å². The highest BCUT2D eigenvalue weighted by atomic mass is 16.5. The summed E-state index contributed by atoms with van der Waals surface area (Å²) in [5, 5.41) is 11.4. The first kappa shape index (κ1) is 22.9. The number of nitrogens with zero attached hydrogens (tertiary/aromatic N) is 3. The van der Waals surface area contributed by atoms with Crippen LogP contribution in [0.25, 0.3) is 5.69 Å². The molecule has 7 heteroatoms. The predicted octanol–water partition coefficient (Wildman–Crippen LogP) is 3.91. The summed E-state index contributed by atoms with van der Waals surface area (Å²) < 4.78 is 13.6. The minimum atomic E-state index is 0.114. The maximum absolute atomic E-state index is 6.23. The monoisotopic (exact) mass is 447 g/mol. The molecule has 1 aromatic heterocycles. The molecule has 33 heavy (non-hydrogen) atoms. The third-order valence-electron chi connectivity index (χ3n) is 5.56. The maximum atomic E-state index is 6.23. The molecule has 4 rings (SSSR count). The molecule has 0 saturated carbocycles. The minimum absolute atomic E-state index is 0.114. The quantitative estimate of drug-likeness (QED) is 0.405. The van der Waals surface area contributed by atoms with Crippen LogP contribution in [-0.2, 0) is 17.8 Å². The van der Waals surface area contributed by atoms with Gasteiger partial charge in [-0.15, -0.1) is 0 Å². The van der Waals surface area contributed by atoms with Crippen molar-refractivity contribution >= 4 is 5.96 Å². The van der Waals surface area contributed by atoms with Crippen molar-refractivity contribution in [3.8, 4) is 11.4 Å². The van der Waals surface area contributed by atoms with Crippen molar-refractivity contribution in [2.24, 2.45) is 4.99 Å². The zero-order chi connectivity index (χ0) is 23.0. The Bertz CT molecular complexity index is 1090. The molecule has 0 aliphatic carbocycles. The van der Waals surface area contributed by atoms with Gasteiger partial charge in [-0.2, -0.15) is 5.10 Å². The molecule has 1 atom stereocenters. The van der Waals surface area contributed by atoms with Crippen molar-refractivity contribution in [3.63, 3.8) is 0 Å². The van der Waals surface area contributed by atoms with Gasteiger partial charge in [-0.3, -0.25) is 0 Å². The van der Waals surface area contributed by atoms with Gasteiger partial charge in [0.15, 0.2) is 5.96 Å². The van der Waals surface area contributed by atoms with Gasteiger partial charge >= 0.3 is 0 Å². The highest BCUT2D eigenvalue weighted by Crippen LogP contribution is 2.24. The Balaban J connectivity index is 1.47. The fraction of sp³-hybridized carbons (Fsp3) is 0.385. The van der Waals surface area contributed by atoms with E-state index in [-0.39, 0.29) is 6.10 Å². The Morgan fingerprint density at radius 2 is 2.03 bits per heavy atom. The molecule has 0 spiro atoms. The van der Waals surface area contributed by atoms with E-state index in [9.17, 15) is 0 Å². The molecule has 2 heterocycles. The Labute approximate surface area is 195 Å². The van der Waals surface area contributed by atoms with Gasteiger partial charge in [-0.1, -0.05) is 30.3 Å². The molecule has 174 valence electrons. The van der Waals surface area contributed by atoms with Gasteiger partial charge in [0.1, 0.15) is 11.9 Å². The molecule has 0 bridgehead atoms. The van der Waals surface area contributed by atoms with Crippen molar-refractivity contribution in [2.45, 2.75) is 46.4 Å². The third-order valence-corrected chi connectivity index (χ3v) is 5.56. The van der Waals surface area contributed by atoms with Gasteiger partial charge in [0.05, 0.1) is 31.1 Å². The van der Waals surface area contributed by atoms with Crippen LogP contribution < -0.4 is 15.4 Å². The van der Waals surface area contributed by atoms with Gasteiger partial charge in [-0.05, 0) is 50.1 Å². The van der Waals surface area contributed by atoms with E-state index in [0.717, 1.165) is 53.8 Å². The zero-order valence-corrected chi connectivity index (χ0v) is 19.7. The Morgan fingerprint density at radius 3 is 2.79 bits per heavy atom. The van der Waals surface area contributed by atoms with Gasteiger partial charge in [-0.25, -0.2) is 9.67 Å². The molecular formula is C26H33N5O2. The topological polar surface area (TPSA) is 72.7 Å². The van der Waals surface area contributed by atoms with Crippen LogP contribution in [0.2, 0.25) is 0 Å². The highest BCUT2D eigenvalue weighted by Gasteiger charge is 2.18. The average Bonchev–Trinajstić information content (AvgIpc) is 3.48. The normalized spacial score (nSPS) is 16.1. The standard InChI is InChI=1S/C26H33N5O2/c1-4-27-26(28-16-21-7-5-6-8-24(21)31-13-11-20(3)30-31)29-17-22-10-9-19(2)15-25(22)33-23-12-14-32-18-23/h5-11,13,15,23H,4,12,14,16-18H2,1-3H3,(H2,27,28,29). The largest absolute Gasteiger partial charge is 0.488 e. The lowest BCUT2D eigenvalue weighted by Gasteiger charge is -2.17. The number of hydrogen-bond acceptors (Lipinski definition) is 4. The van der Waals surface area contributed by atoms with E-state index in [4.69, 9.17) is 14.5 Å². The van der Waals surface area contributed by atoms with Gasteiger partial charge in [0.2, 0.25) is 0 Å². The fourth-order valence-corrected chi connectivity index (χ4v) is 3.81. The molecule has 2 aromatic carbocycles. The number of ether oxygens (including phenoxy) is 2. The second-order valence-electron chi connectivity index (χ2n) is 8.29. The molecule has 0 radical (unpaired) electrons. The molecule has 1 fully saturated rings. The van der Waals surface area contributed by atoms with Crippen molar-refractivity contribution in [3.05, 3.63) is 77.1 Å². The van der Waals surface area contributed by atoms with Crippen LogP contribution in [0.4, 0.5) is 0 Å². The van der Waals surface area contributed by atoms with Crippen LogP contribution in [-0.4, -0.2) is 41.6 Å². The first-order valence-corrected chi connectivity index (χ1v) is 11.6. The van der Waals surface area contributed by atoms with E-state index in [1.807, 2.05) is 36.0 Å². The number of aromatic nitrogens is 2. The third kappa shape index (κ3) is 6.14. The van der Waals surface area contributed by atoms with E-state index in [0.29, 0.717) is 19.7 Å². The number of para-hydroxylation sites is 1. The average molecular weight is 448 g/mol. The number of nitrogens with one attached hydrogen (secondary N) is 2. The molecule has 1 saturated heterocycles. The molecule has 3 aromatic rings. The lowest BCUT2D eigenvalue weighted by Crippen LogP contribution is -2.37. The van der Waals surface area contributed by atoms with Crippen LogP contribution in [0.5, 0.6) is 5.75 Å². The van der Waals surface area contributed by atoms with Crippen molar-refractivity contribution < 1.29 is 9.47 Å². The van der Waals surface area contributed by atoms with Crippen LogP contribution in [0.15, 0.2) is 59.7 Å².